The molecule has 1 saturated heterocycles. The molecule has 160 valence electrons. The van der Waals surface area contributed by atoms with Crippen LogP contribution in [-0.2, 0) is 22.4 Å². The second-order valence-corrected chi connectivity index (χ2v) is 7.25. The first kappa shape index (κ1) is 20.4. The van der Waals surface area contributed by atoms with Gasteiger partial charge in [0.05, 0.1) is 25.5 Å². The Kier molecular flexibility index (Phi) is 6.35. The summed E-state index contributed by atoms with van der Waals surface area (Å²) in [5, 5.41) is 9.75. The van der Waals surface area contributed by atoms with Gasteiger partial charge in [-0.1, -0.05) is 6.92 Å². The van der Waals surface area contributed by atoms with Gasteiger partial charge in [-0.05, 0) is 42.7 Å². The van der Waals surface area contributed by atoms with Crippen LogP contribution in [0.2, 0.25) is 0 Å². The van der Waals surface area contributed by atoms with Gasteiger partial charge in [0.2, 0.25) is 5.88 Å². The molecule has 3 heterocycles. The van der Waals surface area contributed by atoms with Gasteiger partial charge >= 0.3 is 5.69 Å². The van der Waals surface area contributed by atoms with Crippen LogP contribution in [0.25, 0.3) is 11.3 Å². The zero-order chi connectivity index (χ0) is 20.9. The number of ether oxygens (including phenoxy) is 4. The molecule has 1 unspecified atom stereocenters. The van der Waals surface area contributed by atoms with Gasteiger partial charge in [-0.15, -0.1) is 0 Å². The Morgan fingerprint density at radius 1 is 1.33 bits per heavy atom. The maximum Gasteiger partial charge on any atom is 0.351 e. The lowest BCUT2D eigenvalue weighted by molar-refractivity contribution is -0.102. The van der Waals surface area contributed by atoms with Crippen molar-refractivity contribution < 1.29 is 24.1 Å². The van der Waals surface area contributed by atoms with Crippen molar-refractivity contribution >= 4 is 0 Å². The predicted molar refractivity (Wildman–Crippen MR) is 110 cm³/mol. The van der Waals surface area contributed by atoms with E-state index in [1.54, 1.807) is 16.7 Å². The smallest absolute Gasteiger partial charge is 0.351 e. The number of aliphatic hydroxyl groups excluding tert-OH is 1. The van der Waals surface area contributed by atoms with Crippen molar-refractivity contribution in [3.63, 3.8) is 0 Å². The first-order valence-corrected chi connectivity index (χ1v) is 10.2. The van der Waals surface area contributed by atoms with E-state index in [1.165, 1.54) is 0 Å². The van der Waals surface area contributed by atoms with Crippen LogP contribution in [0.5, 0.6) is 11.6 Å². The Morgan fingerprint density at radius 3 is 3.03 bits per heavy atom. The van der Waals surface area contributed by atoms with Crippen LogP contribution in [0.4, 0.5) is 0 Å². The highest BCUT2D eigenvalue weighted by Gasteiger charge is 2.21. The summed E-state index contributed by atoms with van der Waals surface area (Å²) in [6, 6.07) is 7.51. The maximum atomic E-state index is 12.5. The minimum atomic E-state index is -0.330. The molecule has 1 aromatic heterocycles. The molecule has 1 atom stereocenters. The number of rotatable bonds is 7. The predicted octanol–water partition coefficient (Wildman–Crippen LogP) is 2.49. The third-order valence-corrected chi connectivity index (χ3v) is 5.07. The fourth-order valence-electron chi connectivity index (χ4n) is 3.61. The highest BCUT2D eigenvalue weighted by Crippen LogP contribution is 2.32. The van der Waals surface area contributed by atoms with Gasteiger partial charge in [0.25, 0.3) is 0 Å². The van der Waals surface area contributed by atoms with Crippen molar-refractivity contribution in [3.8, 4) is 22.9 Å². The van der Waals surface area contributed by atoms with Crippen LogP contribution >= 0.6 is 0 Å². The average Bonchev–Trinajstić information content (AvgIpc) is 2.77. The van der Waals surface area contributed by atoms with Crippen molar-refractivity contribution in [2.75, 3.05) is 33.0 Å². The molecule has 2 aliphatic heterocycles. The number of hydrogen-bond acceptors (Lipinski definition) is 7. The Bertz CT molecular complexity index is 978. The van der Waals surface area contributed by atoms with Gasteiger partial charge < -0.3 is 24.1 Å². The molecule has 2 aliphatic rings. The molecule has 0 radical (unpaired) electrons. The van der Waals surface area contributed by atoms with Crippen molar-refractivity contribution in [2.24, 2.45) is 0 Å². The Labute approximate surface area is 174 Å². The summed E-state index contributed by atoms with van der Waals surface area (Å²) in [7, 11) is 0. The zero-order valence-electron chi connectivity index (χ0n) is 17.0. The zero-order valence-corrected chi connectivity index (χ0v) is 17.0. The van der Waals surface area contributed by atoms with E-state index in [-0.39, 0.29) is 36.6 Å². The van der Waals surface area contributed by atoms with Crippen LogP contribution in [0, 0.1) is 0 Å². The maximum absolute atomic E-state index is 12.5. The van der Waals surface area contributed by atoms with E-state index in [9.17, 15) is 9.90 Å². The van der Waals surface area contributed by atoms with Gasteiger partial charge in [0.1, 0.15) is 30.8 Å². The molecule has 0 bridgehead atoms. The van der Waals surface area contributed by atoms with E-state index in [1.807, 2.05) is 25.1 Å². The Balaban J connectivity index is 1.52. The van der Waals surface area contributed by atoms with Crippen LogP contribution in [0.15, 0.2) is 40.9 Å². The molecule has 2 aromatic rings. The lowest BCUT2D eigenvalue weighted by Crippen LogP contribution is -2.34. The molecule has 0 aliphatic carbocycles. The first-order valence-electron chi connectivity index (χ1n) is 10.2. The molecule has 1 N–H and O–H groups in total. The van der Waals surface area contributed by atoms with Crippen molar-refractivity contribution in [1.82, 2.24) is 9.55 Å². The van der Waals surface area contributed by atoms with E-state index in [2.05, 4.69) is 4.98 Å². The summed E-state index contributed by atoms with van der Waals surface area (Å²) in [6.45, 7) is 4.51. The summed E-state index contributed by atoms with van der Waals surface area (Å²) in [5.41, 5.74) is 2.46. The topological polar surface area (TPSA) is 92.0 Å². The van der Waals surface area contributed by atoms with Crippen LogP contribution in [0.1, 0.15) is 18.9 Å². The Morgan fingerprint density at radius 2 is 2.23 bits per heavy atom. The molecule has 8 heteroatoms. The highest BCUT2D eigenvalue weighted by molar-refractivity contribution is 5.67. The highest BCUT2D eigenvalue weighted by atomic mass is 16.6. The van der Waals surface area contributed by atoms with Crippen LogP contribution < -0.4 is 15.2 Å². The first-order chi connectivity index (χ1) is 14.6. The summed E-state index contributed by atoms with van der Waals surface area (Å²) >= 11 is 0. The number of fused-ring (bicyclic) bond motifs is 3. The molecule has 1 fully saturated rings. The third-order valence-electron chi connectivity index (χ3n) is 5.07. The SMILES string of the molecule is CC/C=C(\O)COc1ccc2c(c1)CCn1c-2cc(OCC2COCCO2)nc1=O. The van der Waals surface area contributed by atoms with Gasteiger partial charge in [-0.25, -0.2) is 4.79 Å². The number of nitrogens with zero attached hydrogens (tertiary/aromatic N) is 2. The van der Waals surface area contributed by atoms with Crippen LogP contribution in [0.3, 0.4) is 0 Å². The monoisotopic (exact) mass is 414 g/mol. The summed E-state index contributed by atoms with van der Waals surface area (Å²) < 4.78 is 24.0. The molecule has 8 nitrogen and oxygen atoms in total. The van der Waals surface area contributed by atoms with Crippen molar-refractivity contribution in [3.05, 3.63) is 52.1 Å². The van der Waals surface area contributed by atoms with Gasteiger partial charge in [-0.2, -0.15) is 4.98 Å². The minimum Gasteiger partial charge on any atom is -0.509 e. The number of aromatic nitrogens is 2. The number of allylic oxidation sites excluding steroid dienone is 1. The van der Waals surface area contributed by atoms with Gasteiger partial charge in [0, 0.05) is 18.2 Å². The van der Waals surface area contributed by atoms with E-state index in [4.69, 9.17) is 18.9 Å². The molecule has 0 spiro atoms. The van der Waals surface area contributed by atoms with Crippen molar-refractivity contribution in [1.29, 1.82) is 0 Å². The number of aryl methyl sites for hydroxylation is 1. The summed E-state index contributed by atoms with van der Waals surface area (Å²) in [6.07, 6.45) is 3.01. The summed E-state index contributed by atoms with van der Waals surface area (Å²) in [5.74, 6) is 1.18. The summed E-state index contributed by atoms with van der Waals surface area (Å²) in [4.78, 5) is 16.6. The van der Waals surface area contributed by atoms with Crippen molar-refractivity contribution in [2.45, 2.75) is 32.4 Å². The molecule has 4 rings (SSSR count). The molecular weight excluding hydrogens is 388 g/mol. The normalized spacial score (nSPS) is 18.4. The second-order valence-electron chi connectivity index (χ2n) is 7.25. The Hall–Kier alpha value is -2.84. The standard InChI is InChI=1S/C22H26N2O6/c1-2-3-16(25)12-29-17-4-5-19-15(10-17)6-7-24-20(19)11-21(23-22(24)26)30-14-18-13-27-8-9-28-18/h3-5,10-11,18,25H,2,6-9,12-14H2,1H3/b16-3-. The third kappa shape index (κ3) is 4.66. The average molecular weight is 414 g/mol. The fourth-order valence-corrected chi connectivity index (χ4v) is 3.61. The van der Waals surface area contributed by atoms with Gasteiger partial charge in [-0.3, -0.25) is 4.57 Å². The molecule has 0 saturated carbocycles. The quantitative estimate of drug-likeness (QED) is 0.696. The van der Waals surface area contributed by atoms with Crippen LogP contribution in [-0.4, -0.2) is 53.8 Å². The lowest BCUT2D eigenvalue weighted by Gasteiger charge is -2.24. The van der Waals surface area contributed by atoms with Gasteiger partial charge in [0.15, 0.2) is 0 Å². The van der Waals surface area contributed by atoms with E-state index in [0.717, 1.165) is 23.2 Å². The second kappa shape index (κ2) is 9.32. The number of aliphatic hydroxyl groups is 1. The van der Waals surface area contributed by atoms with E-state index in [0.29, 0.717) is 38.5 Å². The van der Waals surface area contributed by atoms with E-state index >= 15 is 0 Å². The molecular formula is C22H26N2O6. The minimum absolute atomic E-state index is 0.136. The lowest BCUT2D eigenvalue weighted by atomic mass is 9.97. The number of hydrogen-bond donors (Lipinski definition) is 1. The fraction of sp³-hybridized carbons (Fsp3) is 0.455. The molecule has 0 amide bonds. The largest absolute Gasteiger partial charge is 0.509 e. The molecule has 1 aromatic carbocycles. The molecule has 30 heavy (non-hydrogen) atoms. The van der Waals surface area contributed by atoms with E-state index < -0.39 is 0 Å². The number of benzene rings is 1.